The number of nitriles is 1. The average Bonchev–Trinajstić information content (AvgIpc) is 2.28. The van der Waals surface area contributed by atoms with E-state index in [1.165, 1.54) is 6.20 Å². The summed E-state index contributed by atoms with van der Waals surface area (Å²) in [5.41, 5.74) is -0.448. The van der Waals surface area contributed by atoms with E-state index in [9.17, 15) is 14.5 Å². The highest BCUT2D eigenvalue weighted by Crippen LogP contribution is 2.33. The summed E-state index contributed by atoms with van der Waals surface area (Å²) in [7, 11) is 0. The number of aromatic nitrogens is 1. The molecule has 0 saturated heterocycles. The smallest absolute Gasteiger partial charge is 0.258 e. The van der Waals surface area contributed by atoms with E-state index < -0.39 is 16.4 Å². The fourth-order valence-electron chi connectivity index (χ4n) is 1.52. The number of rotatable bonds is 1. The predicted molar refractivity (Wildman–Crippen MR) is 60.8 cm³/mol. The number of nitro groups is 1. The van der Waals surface area contributed by atoms with Crippen molar-refractivity contribution in [2.45, 2.75) is 0 Å². The molecule has 0 unspecified atom stereocenters. The third-order valence-electron chi connectivity index (χ3n) is 2.19. The van der Waals surface area contributed by atoms with Crippen LogP contribution in [0, 0.1) is 27.3 Å². The van der Waals surface area contributed by atoms with Gasteiger partial charge >= 0.3 is 0 Å². The zero-order valence-electron chi connectivity index (χ0n) is 8.15. The van der Waals surface area contributed by atoms with E-state index in [0.29, 0.717) is 4.47 Å². The molecule has 0 radical (unpaired) electrons. The van der Waals surface area contributed by atoms with Crippen molar-refractivity contribution < 1.29 is 9.31 Å². The normalized spacial score (nSPS) is 10.2. The molecule has 0 aliphatic carbocycles. The minimum Gasteiger partial charge on any atom is -0.258 e. The van der Waals surface area contributed by atoms with Crippen LogP contribution in [0.25, 0.3) is 10.8 Å². The fraction of sp³-hybridized carbons (Fsp3) is 0. The number of non-ortho nitro benzene ring substituents is 1. The maximum absolute atomic E-state index is 13.2. The minimum absolute atomic E-state index is 0.0502. The predicted octanol–water partition coefficient (Wildman–Crippen LogP) is 2.92. The molecule has 0 bridgehead atoms. The van der Waals surface area contributed by atoms with Crippen LogP contribution in [0.3, 0.4) is 0 Å². The molecule has 84 valence electrons. The van der Waals surface area contributed by atoms with Crippen LogP contribution in [-0.2, 0) is 0 Å². The lowest BCUT2D eigenvalue weighted by Gasteiger charge is -2.03. The Morgan fingerprint density at radius 1 is 1.53 bits per heavy atom. The molecule has 17 heavy (non-hydrogen) atoms. The summed E-state index contributed by atoms with van der Waals surface area (Å²) < 4.78 is 13.6. The molecule has 2 rings (SSSR count). The van der Waals surface area contributed by atoms with Gasteiger partial charge in [-0.3, -0.25) is 10.1 Å². The first-order valence-corrected chi connectivity index (χ1v) is 5.16. The first-order valence-electron chi connectivity index (χ1n) is 4.37. The SMILES string of the molecule is N#Cc1ncc(Br)c2c([N+](=O)[O-])cc(F)cc12. The summed E-state index contributed by atoms with van der Waals surface area (Å²) in [5, 5.41) is 19.9. The molecular weight excluding hydrogens is 293 g/mol. The van der Waals surface area contributed by atoms with Gasteiger partial charge in [0.25, 0.3) is 5.69 Å². The molecule has 2 aromatic rings. The van der Waals surface area contributed by atoms with E-state index >= 15 is 0 Å². The molecule has 0 aliphatic rings. The fourth-order valence-corrected chi connectivity index (χ4v) is 2.04. The minimum atomic E-state index is -0.777. The molecule has 1 aromatic heterocycles. The number of pyridine rings is 1. The monoisotopic (exact) mass is 295 g/mol. The summed E-state index contributed by atoms with van der Waals surface area (Å²) in [6.45, 7) is 0. The summed E-state index contributed by atoms with van der Waals surface area (Å²) in [4.78, 5) is 13.9. The van der Waals surface area contributed by atoms with Gasteiger partial charge in [0.2, 0.25) is 0 Å². The quantitative estimate of drug-likeness (QED) is 0.598. The molecule has 1 aromatic carbocycles. The van der Waals surface area contributed by atoms with Gasteiger partial charge in [0.05, 0.1) is 20.8 Å². The Bertz CT molecular complexity index is 681. The molecule has 7 heteroatoms. The first kappa shape index (κ1) is 11.4. The number of hydrogen-bond donors (Lipinski definition) is 0. The van der Waals surface area contributed by atoms with Crippen LogP contribution < -0.4 is 0 Å². The van der Waals surface area contributed by atoms with Crippen molar-refractivity contribution in [2.75, 3.05) is 0 Å². The van der Waals surface area contributed by atoms with E-state index in [1.807, 2.05) is 0 Å². The zero-order chi connectivity index (χ0) is 12.6. The summed E-state index contributed by atoms with van der Waals surface area (Å²) in [6.07, 6.45) is 1.28. The molecular formula is C10H3BrFN3O2. The van der Waals surface area contributed by atoms with Crippen LogP contribution in [0.15, 0.2) is 22.8 Å². The van der Waals surface area contributed by atoms with Crippen molar-refractivity contribution in [3.63, 3.8) is 0 Å². The number of hydrogen-bond acceptors (Lipinski definition) is 4. The van der Waals surface area contributed by atoms with Gasteiger partial charge < -0.3 is 0 Å². The van der Waals surface area contributed by atoms with Crippen LogP contribution in [0.5, 0.6) is 0 Å². The number of benzene rings is 1. The number of fused-ring (bicyclic) bond motifs is 1. The van der Waals surface area contributed by atoms with E-state index in [2.05, 4.69) is 20.9 Å². The Morgan fingerprint density at radius 2 is 2.24 bits per heavy atom. The summed E-state index contributed by atoms with van der Waals surface area (Å²) in [6, 6.07) is 3.64. The molecule has 0 fully saturated rings. The largest absolute Gasteiger partial charge is 0.281 e. The highest BCUT2D eigenvalue weighted by Gasteiger charge is 2.19. The van der Waals surface area contributed by atoms with Crippen molar-refractivity contribution in [1.82, 2.24) is 4.98 Å². The van der Waals surface area contributed by atoms with Gasteiger partial charge in [-0.05, 0) is 22.0 Å². The van der Waals surface area contributed by atoms with E-state index in [0.717, 1.165) is 12.1 Å². The van der Waals surface area contributed by atoms with Crippen molar-refractivity contribution >= 4 is 32.4 Å². The molecule has 0 aliphatic heterocycles. The Kier molecular flexibility index (Phi) is 2.73. The van der Waals surface area contributed by atoms with Gasteiger partial charge in [-0.25, -0.2) is 9.37 Å². The Labute approximate surface area is 103 Å². The van der Waals surface area contributed by atoms with Crippen LogP contribution in [0.1, 0.15) is 5.69 Å². The first-order chi connectivity index (χ1) is 8.04. The number of nitro benzene ring substituents is 1. The van der Waals surface area contributed by atoms with Crippen LogP contribution in [0.4, 0.5) is 10.1 Å². The summed E-state index contributed by atoms with van der Waals surface area (Å²) >= 11 is 3.11. The standard InChI is InChI=1S/C10H3BrFN3O2/c11-7-4-14-8(3-13)6-1-5(12)2-9(10(6)7)15(16)17/h1-2,4H. The van der Waals surface area contributed by atoms with E-state index in [4.69, 9.17) is 5.26 Å². The summed E-state index contributed by atoms with van der Waals surface area (Å²) in [5.74, 6) is -0.777. The molecule has 0 N–H and O–H groups in total. The third-order valence-corrected chi connectivity index (χ3v) is 2.79. The topological polar surface area (TPSA) is 79.8 Å². The van der Waals surface area contributed by atoms with Gasteiger partial charge in [-0.2, -0.15) is 5.26 Å². The number of nitrogens with zero attached hydrogens (tertiary/aromatic N) is 3. The molecule has 0 spiro atoms. The Morgan fingerprint density at radius 3 is 2.82 bits per heavy atom. The van der Waals surface area contributed by atoms with Crippen LogP contribution in [0.2, 0.25) is 0 Å². The van der Waals surface area contributed by atoms with Crippen LogP contribution in [-0.4, -0.2) is 9.91 Å². The molecule has 0 amide bonds. The number of halogens is 2. The van der Waals surface area contributed by atoms with Crippen molar-refractivity contribution in [3.05, 3.63) is 44.4 Å². The molecule has 1 heterocycles. The second-order valence-corrected chi connectivity index (χ2v) is 4.03. The van der Waals surface area contributed by atoms with Gasteiger partial charge in [-0.1, -0.05) is 0 Å². The van der Waals surface area contributed by atoms with Crippen molar-refractivity contribution in [2.24, 2.45) is 0 Å². The van der Waals surface area contributed by atoms with Crippen molar-refractivity contribution in [1.29, 1.82) is 5.26 Å². The third kappa shape index (κ3) is 1.83. The highest BCUT2D eigenvalue weighted by atomic mass is 79.9. The van der Waals surface area contributed by atoms with Crippen LogP contribution >= 0.6 is 15.9 Å². The van der Waals surface area contributed by atoms with Gasteiger partial charge in [-0.15, -0.1) is 0 Å². The Balaban J connectivity index is 3.03. The van der Waals surface area contributed by atoms with Gasteiger partial charge in [0.1, 0.15) is 17.6 Å². The maximum atomic E-state index is 13.2. The zero-order valence-corrected chi connectivity index (χ0v) is 9.73. The Hall–Kier alpha value is -2.07. The van der Waals surface area contributed by atoms with Gasteiger partial charge in [0, 0.05) is 11.6 Å². The maximum Gasteiger partial charge on any atom is 0.281 e. The second-order valence-electron chi connectivity index (χ2n) is 3.17. The van der Waals surface area contributed by atoms with Crippen molar-refractivity contribution in [3.8, 4) is 6.07 Å². The average molecular weight is 296 g/mol. The lowest BCUT2D eigenvalue weighted by molar-refractivity contribution is -0.383. The lowest BCUT2D eigenvalue weighted by atomic mass is 10.1. The molecule has 5 nitrogen and oxygen atoms in total. The molecule has 0 saturated carbocycles. The second kappa shape index (κ2) is 4.07. The van der Waals surface area contributed by atoms with Gasteiger partial charge in [0.15, 0.2) is 0 Å². The highest BCUT2D eigenvalue weighted by molar-refractivity contribution is 9.10. The van der Waals surface area contributed by atoms with E-state index in [-0.39, 0.29) is 16.5 Å². The van der Waals surface area contributed by atoms with E-state index in [1.54, 1.807) is 6.07 Å². The lowest BCUT2D eigenvalue weighted by Crippen LogP contribution is -1.95. The molecule has 0 atom stereocenters.